The van der Waals surface area contributed by atoms with Gasteiger partial charge in [-0.25, -0.2) is 0 Å². The Morgan fingerprint density at radius 1 is 1.57 bits per heavy atom. The summed E-state index contributed by atoms with van der Waals surface area (Å²) in [6.07, 6.45) is -4.50. The molecule has 1 aliphatic rings. The lowest BCUT2D eigenvalue weighted by molar-refractivity contribution is -0.198. The molecule has 1 heterocycles. The minimum atomic E-state index is -4.68. The van der Waals surface area contributed by atoms with Gasteiger partial charge in [-0.1, -0.05) is 0 Å². The van der Waals surface area contributed by atoms with E-state index < -0.39 is 30.6 Å². The molecule has 1 fully saturated rings. The van der Waals surface area contributed by atoms with Crippen molar-refractivity contribution in [1.82, 2.24) is 0 Å². The first kappa shape index (κ1) is 11.3. The molecule has 3 nitrogen and oxygen atoms in total. The third-order valence-corrected chi connectivity index (χ3v) is 2.22. The zero-order valence-corrected chi connectivity index (χ0v) is 7.38. The average molecular weight is 212 g/mol. The van der Waals surface area contributed by atoms with Crippen LogP contribution in [0.3, 0.4) is 0 Å². The topological polar surface area (TPSA) is 46.5 Å². The molecule has 0 aromatic rings. The van der Waals surface area contributed by atoms with Gasteiger partial charge in [0, 0.05) is 6.61 Å². The normalized spacial score (nSPS) is 24.9. The molecule has 14 heavy (non-hydrogen) atoms. The van der Waals surface area contributed by atoms with Crippen molar-refractivity contribution in [2.75, 3.05) is 6.61 Å². The summed E-state index contributed by atoms with van der Waals surface area (Å²) < 4.78 is 41.5. The molecule has 0 radical (unpaired) electrons. The van der Waals surface area contributed by atoms with Crippen molar-refractivity contribution >= 4 is 5.97 Å². The Bertz CT molecular complexity index is 208. The van der Waals surface area contributed by atoms with Crippen LogP contribution in [0.15, 0.2) is 0 Å². The molecule has 0 aliphatic carbocycles. The van der Waals surface area contributed by atoms with E-state index in [2.05, 4.69) is 0 Å². The second-order valence-electron chi connectivity index (χ2n) is 3.30. The molecule has 1 saturated heterocycles. The Morgan fingerprint density at radius 2 is 2.21 bits per heavy atom. The molecule has 0 amide bonds. The quantitative estimate of drug-likeness (QED) is 0.776. The number of carbonyl (C=O) groups is 1. The second kappa shape index (κ2) is 4.16. The molecule has 0 bridgehead atoms. The Hall–Kier alpha value is -0.780. The van der Waals surface area contributed by atoms with Crippen LogP contribution in [0.25, 0.3) is 0 Å². The van der Waals surface area contributed by atoms with Crippen molar-refractivity contribution < 1.29 is 27.8 Å². The van der Waals surface area contributed by atoms with Crippen LogP contribution in [0.5, 0.6) is 0 Å². The molecule has 1 rings (SSSR count). The van der Waals surface area contributed by atoms with Gasteiger partial charge in [-0.2, -0.15) is 13.2 Å². The van der Waals surface area contributed by atoms with Crippen molar-refractivity contribution in [3.05, 3.63) is 0 Å². The number of aliphatic carboxylic acids is 1. The maximum absolute atomic E-state index is 12.2. The van der Waals surface area contributed by atoms with Gasteiger partial charge in [0.1, 0.15) is 0 Å². The number of carboxylic acids is 1. The van der Waals surface area contributed by atoms with Gasteiger partial charge < -0.3 is 9.84 Å². The summed E-state index contributed by atoms with van der Waals surface area (Å²) in [7, 11) is 0. The molecule has 0 spiro atoms. The van der Waals surface area contributed by atoms with Crippen LogP contribution in [-0.2, 0) is 9.53 Å². The Labute approximate surface area is 78.9 Å². The van der Waals surface area contributed by atoms with Crippen molar-refractivity contribution in [2.24, 2.45) is 5.92 Å². The van der Waals surface area contributed by atoms with E-state index in [4.69, 9.17) is 9.84 Å². The van der Waals surface area contributed by atoms with E-state index in [9.17, 15) is 18.0 Å². The maximum atomic E-state index is 12.2. The molecular formula is C8H11F3O3. The predicted molar refractivity (Wildman–Crippen MR) is 40.8 cm³/mol. The van der Waals surface area contributed by atoms with Gasteiger partial charge in [-0.3, -0.25) is 4.79 Å². The first-order chi connectivity index (χ1) is 6.41. The third kappa shape index (κ3) is 2.87. The highest BCUT2D eigenvalue weighted by atomic mass is 19.4. The highest BCUT2D eigenvalue weighted by Crippen LogP contribution is 2.32. The average Bonchev–Trinajstić information content (AvgIpc) is 2.48. The van der Waals surface area contributed by atoms with E-state index in [0.29, 0.717) is 19.4 Å². The van der Waals surface area contributed by atoms with E-state index in [1.807, 2.05) is 0 Å². The molecule has 82 valence electrons. The van der Waals surface area contributed by atoms with Crippen LogP contribution >= 0.6 is 0 Å². The number of hydrogen-bond donors (Lipinski definition) is 1. The van der Waals surface area contributed by atoms with Gasteiger partial charge in [0.2, 0.25) is 0 Å². The Balaban J connectivity index is 2.55. The fraction of sp³-hybridized carbons (Fsp3) is 0.875. The maximum Gasteiger partial charge on any atom is 0.402 e. The highest BCUT2D eigenvalue weighted by Gasteiger charge is 2.46. The van der Waals surface area contributed by atoms with Gasteiger partial charge in [-0.15, -0.1) is 0 Å². The van der Waals surface area contributed by atoms with Gasteiger partial charge in [0.05, 0.1) is 6.10 Å². The van der Waals surface area contributed by atoms with Gasteiger partial charge >= 0.3 is 12.1 Å². The van der Waals surface area contributed by atoms with Crippen LogP contribution in [0.2, 0.25) is 0 Å². The number of rotatable bonds is 3. The summed E-state index contributed by atoms with van der Waals surface area (Å²) >= 11 is 0. The van der Waals surface area contributed by atoms with E-state index >= 15 is 0 Å². The van der Waals surface area contributed by atoms with E-state index in [0.717, 1.165) is 0 Å². The zero-order chi connectivity index (χ0) is 10.8. The number of hydrogen-bond acceptors (Lipinski definition) is 2. The molecule has 0 aromatic heterocycles. The minimum Gasteiger partial charge on any atom is -0.481 e. The van der Waals surface area contributed by atoms with E-state index in [1.54, 1.807) is 0 Å². The van der Waals surface area contributed by atoms with Crippen molar-refractivity contribution in [3.63, 3.8) is 0 Å². The van der Waals surface area contributed by atoms with Crippen LogP contribution in [0.1, 0.15) is 19.3 Å². The van der Waals surface area contributed by atoms with Crippen molar-refractivity contribution in [3.8, 4) is 0 Å². The Kier molecular flexibility index (Phi) is 3.36. The fourth-order valence-corrected chi connectivity index (χ4v) is 1.47. The lowest BCUT2D eigenvalue weighted by Crippen LogP contribution is -2.33. The predicted octanol–water partition coefficient (Wildman–Crippen LogP) is 1.82. The number of alkyl halides is 3. The molecule has 0 aromatic carbocycles. The number of carboxylic acid groups (broad SMARTS) is 1. The monoisotopic (exact) mass is 212 g/mol. The molecule has 6 heteroatoms. The third-order valence-electron chi connectivity index (χ3n) is 2.22. The van der Waals surface area contributed by atoms with E-state index in [1.165, 1.54) is 0 Å². The smallest absolute Gasteiger partial charge is 0.402 e. The van der Waals surface area contributed by atoms with Gasteiger partial charge in [0.15, 0.2) is 5.92 Å². The second-order valence-corrected chi connectivity index (χ2v) is 3.30. The largest absolute Gasteiger partial charge is 0.481 e. The van der Waals surface area contributed by atoms with Crippen molar-refractivity contribution in [2.45, 2.75) is 31.5 Å². The van der Waals surface area contributed by atoms with Crippen LogP contribution in [0, 0.1) is 5.92 Å². The minimum absolute atomic E-state index is 0.425. The molecule has 1 aliphatic heterocycles. The standard InChI is InChI=1S/C8H11F3O3/c9-8(10,11)6(7(12)13)4-5-2-1-3-14-5/h5-6H,1-4H2,(H,12,13)/t5-,6-/m1/s1. The highest BCUT2D eigenvalue weighted by molar-refractivity contribution is 5.70. The molecule has 1 N–H and O–H groups in total. The Morgan fingerprint density at radius 3 is 2.57 bits per heavy atom. The number of ether oxygens (including phenoxy) is 1. The molecular weight excluding hydrogens is 201 g/mol. The fourth-order valence-electron chi connectivity index (χ4n) is 1.47. The summed E-state index contributed by atoms with van der Waals surface area (Å²) in [5.41, 5.74) is 0. The molecule has 0 saturated carbocycles. The lowest BCUT2D eigenvalue weighted by Gasteiger charge is -2.18. The first-order valence-corrected chi connectivity index (χ1v) is 4.32. The van der Waals surface area contributed by atoms with Crippen LogP contribution in [0.4, 0.5) is 13.2 Å². The van der Waals surface area contributed by atoms with E-state index in [-0.39, 0.29) is 0 Å². The lowest BCUT2D eigenvalue weighted by atomic mass is 9.99. The summed E-state index contributed by atoms with van der Waals surface area (Å²) in [5, 5.41) is 8.39. The van der Waals surface area contributed by atoms with Gasteiger partial charge in [-0.05, 0) is 19.3 Å². The first-order valence-electron chi connectivity index (χ1n) is 4.32. The summed E-state index contributed by atoms with van der Waals surface area (Å²) in [4.78, 5) is 10.4. The number of halogens is 3. The van der Waals surface area contributed by atoms with Gasteiger partial charge in [0.25, 0.3) is 0 Å². The molecule has 2 atom stereocenters. The summed E-state index contributed by atoms with van der Waals surface area (Å²) in [5.74, 6) is -4.13. The SMILES string of the molecule is O=C(O)[C@@H](C[C@H]1CCCO1)C(F)(F)F. The summed E-state index contributed by atoms with van der Waals surface area (Å²) in [6, 6.07) is 0. The van der Waals surface area contributed by atoms with Crippen molar-refractivity contribution in [1.29, 1.82) is 0 Å². The molecule has 0 unspecified atom stereocenters. The zero-order valence-electron chi connectivity index (χ0n) is 7.38. The van der Waals surface area contributed by atoms with Crippen LogP contribution < -0.4 is 0 Å². The summed E-state index contributed by atoms with van der Waals surface area (Å²) in [6.45, 7) is 0.425. The van der Waals surface area contributed by atoms with Crippen LogP contribution in [-0.4, -0.2) is 30.0 Å².